The molecular weight excluding hydrogens is 216 g/mol. The van der Waals surface area contributed by atoms with E-state index in [2.05, 4.69) is 5.32 Å². The molecule has 0 spiro atoms. The van der Waals surface area contributed by atoms with Crippen LogP contribution in [0.2, 0.25) is 0 Å². The van der Waals surface area contributed by atoms with Crippen molar-refractivity contribution in [3.63, 3.8) is 0 Å². The van der Waals surface area contributed by atoms with E-state index in [9.17, 15) is 4.79 Å². The molecule has 1 saturated carbocycles. The molecule has 4 nitrogen and oxygen atoms in total. The molecule has 1 saturated heterocycles. The first-order valence-corrected chi connectivity index (χ1v) is 6.65. The third-order valence-corrected chi connectivity index (χ3v) is 3.45. The van der Waals surface area contributed by atoms with Crippen molar-refractivity contribution in [2.24, 2.45) is 5.92 Å². The van der Waals surface area contributed by atoms with E-state index >= 15 is 0 Å². The van der Waals surface area contributed by atoms with Crippen LogP contribution in [0.4, 0.5) is 4.79 Å². The summed E-state index contributed by atoms with van der Waals surface area (Å²) in [7, 11) is 0. The van der Waals surface area contributed by atoms with Crippen molar-refractivity contribution < 1.29 is 9.53 Å². The largest absolute Gasteiger partial charge is 0.444 e. The number of nitrogens with zero attached hydrogens (tertiary/aromatic N) is 1. The summed E-state index contributed by atoms with van der Waals surface area (Å²) in [4.78, 5) is 13.4. The van der Waals surface area contributed by atoms with E-state index in [1.165, 1.54) is 19.3 Å². The number of carbonyl (C=O) groups excluding carboxylic acids is 1. The Kier molecular flexibility index (Phi) is 3.61. The summed E-state index contributed by atoms with van der Waals surface area (Å²) in [6.45, 7) is 8.40. The van der Waals surface area contributed by atoms with E-state index in [1.807, 2.05) is 20.8 Å². The van der Waals surface area contributed by atoms with E-state index in [0.717, 1.165) is 25.6 Å². The lowest BCUT2D eigenvalue weighted by molar-refractivity contribution is 0.00467. The van der Waals surface area contributed by atoms with Gasteiger partial charge in [-0.25, -0.2) is 4.79 Å². The number of hydrogen-bond acceptors (Lipinski definition) is 3. The van der Waals surface area contributed by atoms with Crippen LogP contribution in [-0.4, -0.2) is 42.3 Å². The number of hydrogen-bond donors (Lipinski definition) is 1. The molecule has 0 bridgehead atoms. The Morgan fingerprint density at radius 3 is 2.47 bits per heavy atom. The zero-order valence-electron chi connectivity index (χ0n) is 11.2. The SMILES string of the molecule is CC(C)(C)OC(=O)N1CC(NCC2CCC2)C1. The van der Waals surface area contributed by atoms with Crippen molar-refractivity contribution >= 4 is 6.09 Å². The van der Waals surface area contributed by atoms with Crippen LogP contribution in [0.5, 0.6) is 0 Å². The zero-order chi connectivity index (χ0) is 12.5. The summed E-state index contributed by atoms with van der Waals surface area (Å²) in [5.41, 5.74) is -0.387. The normalized spacial score (nSPS) is 21.9. The van der Waals surface area contributed by atoms with Gasteiger partial charge in [-0.2, -0.15) is 0 Å². The van der Waals surface area contributed by atoms with Gasteiger partial charge in [0.2, 0.25) is 0 Å². The number of carbonyl (C=O) groups is 1. The van der Waals surface area contributed by atoms with E-state index < -0.39 is 0 Å². The van der Waals surface area contributed by atoms with Crippen LogP contribution in [0, 0.1) is 5.92 Å². The van der Waals surface area contributed by atoms with Crippen LogP contribution >= 0.6 is 0 Å². The second-order valence-corrected chi connectivity index (χ2v) is 6.29. The molecule has 2 fully saturated rings. The first kappa shape index (κ1) is 12.7. The smallest absolute Gasteiger partial charge is 0.410 e. The topological polar surface area (TPSA) is 41.6 Å². The predicted molar refractivity (Wildman–Crippen MR) is 66.9 cm³/mol. The number of amides is 1. The van der Waals surface area contributed by atoms with Gasteiger partial charge < -0.3 is 15.0 Å². The monoisotopic (exact) mass is 240 g/mol. The van der Waals surface area contributed by atoms with Crippen LogP contribution in [0.15, 0.2) is 0 Å². The minimum Gasteiger partial charge on any atom is -0.444 e. The standard InChI is InChI=1S/C13H24N2O2/c1-13(2,3)17-12(16)15-8-11(9-15)14-7-10-5-4-6-10/h10-11,14H,4-9H2,1-3H3. The molecular formula is C13H24N2O2. The molecule has 98 valence electrons. The fourth-order valence-corrected chi connectivity index (χ4v) is 2.11. The average molecular weight is 240 g/mol. The van der Waals surface area contributed by atoms with Gasteiger partial charge in [-0.1, -0.05) is 6.42 Å². The van der Waals surface area contributed by atoms with E-state index in [1.54, 1.807) is 4.90 Å². The molecule has 1 aliphatic carbocycles. The van der Waals surface area contributed by atoms with Gasteiger partial charge in [0.25, 0.3) is 0 Å². The van der Waals surface area contributed by atoms with Gasteiger partial charge in [-0.3, -0.25) is 0 Å². The molecule has 4 heteroatoms. The highest BCUT2D eigenvalue weighted by Gasteiger charge is 2.33. The summed E-state index contributed by atoms with van der Waals surface area (Å²) >= 11 is 0. The van der Waals surface area contributed by atoms with Gasteiger partial charge in [0, 0.05) is 19.1 Å². The van der Waals surface area contributed by atoms with E-state index in [4.69, 9.17) is 4.74 Å². The highest BCUT2D eigenvalue weighted by atomic mass is 16.6. The molecule has 0 atom stereocenters. The highest BCUT2D eigenvalue weighted by molar-refractivity contribution is 5.69. The van der Waals surface area contributed by atoms with Crippen LogP contribution < -0.4 is 5.32 Å². The third-order valence-electron chi connectivity index (χ3n) is 3.45. The molecule has 0 aromatic heterocycles. The molecule has 1 N–H and O–H groups in total. The molecule has 17 heavy (non-hydrogen) atoms. The number of ether oxygens (including phenoxy) is 1. The number of nitrogens with one attached hydrogen (secondary N) is 1. The maximum Gasteiger partial charge on any atom is 0.410 e. The molecule has 1 amide bonds. The van der Waals surface area contributed by atoms with Crippen molar-refractivity contribution in [3.8, 4) is 0 Å². The Bertz CT molecular complexity index is 276. The highest BCUT2D eigenvalue weighted by Crippen LogP contribution is 2.25. The predicted octanol–water partition coefficient (Wildman–Crippen LogP) is 2.00. The molecule has 0 radical (unpaired) electrons. The van der Waals surface area contributed by atoms with Gasteiger partial charge in [0.15, 0.2) is 0 Å². The van der Waals surface area contributed by atoms with E-state index in [-0.39, 0.29) is 11.7 Å². The fraction of sp³-hybridized carbons (Fsp3) is 0.923. The summed E-state index contributed by atoms with van der Waals surface area (Å²) in [6.07, 6.45) is 3.95. The minimum atomic E-state index is -0.387. The Labute approximate surface area is 104 Å². The second kappa shape index (κ2) is 4.84. The zero-order valence-corrected chi connectivity index (χ0v) is 11.2. The van der Waals surface area contributed by atoms with Crippen molar-refractivity contribution in [1.29, 1.82) is 0 Å². The molecule has 1 heterocycles. The lowest BCUT2D eigenvalue weighted by Crippen LogP contribution is -2.61. The Balaban J connectivity index is 1.59. The number of rotatable bonds is 3. The first-order valence-electron chi connectivity index (χ1n) is 6.65. The quantitative estimate of drug-likeness (QED) is 0.820. The average Bonchev–Trinajstić information content (AvgIpc) is 2.01. The summed E-state index contributed by atoms with van der Waals surface area (Å²) in [6, 6.07) is 0.475. The minimum absolute atomic E-state index is 0.181. The molecule has 2 aliphatic rings. The van der Waals surface area contributed by atoms with Crippen LogP contribution in [-0.2, 0) is 4.74 Å². The fourth-order valence-electron chi connectivity index (χ4n) is 2.11. The Morgan fingerprint density at radius 1 is 1.35 bits per heavy atom. The molecule has 0 aromatic rings. The Morgan fingerprint density at radius 2 is 2.00 bits per heavy atom. The summed E-state index contributed by atoms with van der Waals surface area (Å²) in [5, 5.41) is 3.52. The maximum absolute atomic E-state index is 11.7. The van der Waals surface area contributed by atoms with Crippen LogP contribution in [0.3, 0.4) is 0 Å². The summed E-state index contributed by atoms with van der Waals surface area (Å²) < 4.78 is 5.31. The third kappa shape index (κ3) is 3.60. The molecule has 0 unspecified atom stereocenters. The maximum atomic E-state index is 11.7. The van der Waals surface area contributed by atoms with Gasteiger partial charge >= 0.3 is 6.09 Å². The molecule has 1 aliphatic heterocycles. The Hall–Kier alpha value is -0.770. The van der Waals surface area contributed by atoms with Crippen LogP contribution in [0.25, 0.3) is 0 Å². The van der Waals surface area contributed by atoms with Gasteiger partial charge in [-0.15, -0.1) is 0 Å². The van der Waals surface area contributed by atoms with Gasteiger partial charge in [0.1, 0.15) is 5.60 Å². The van der Waals surface area contributed by atoms with Crippen molar-refractivity contribution in [1.82, 2.24) is 10.2 Å². The van der Waals surface area contributed by atoms with Gasteiger partial charge in [-0.05, 0) is 46.1 Å². The number of likely N-dealkylation sites (tertiary alicyclic amines) is 1. The first-order chi connectivity index (χ1) is 7.94. The van der Waals surface area contributed by atoms with Crippen LogP contribution in [0.1, 0.15) is 40.0 Å². The van der Waals surface area contributed by atoms with Crippen molar-refractivity contribution in [3.05, 3.63) is 0 Å². The molecule has 2 rings (SSSR count). The van der Waals surface area contributed by atoms with Crippen molar-refractivity contribution in [2.75, 3.05) is 19.6 Å². The lowest BCUT2D eigenvalue weighted by Gasteiger charge is -2.41. The summed E-state index contributed by atoms with van der Waals surface area (Å²) in [5.74, 6) is 0.880. The van der Waals surface area contributed by atoms with Crippen molar-refractivity contribution in [2.45, 2.75) is 51.7 Å². The van der Waals surface area contributed by atoms with E-state index in [0.29, 0.717) is 6.04 Å². The second-order valence-electron chi connectivity index (χ2n) is 6.29. The lowest BCUT2D eigenvalue weighted by atomic mass is 9.85. The molecule has 0 aromatic carbocycles. The van der Waals surface area contributed by atoms with Gasteiger partial charge in [0.05, 0.1) is 0 Å².